The predicted octanol–water partition coefficient (Wildman–Crippen LogP) is 3.78. The molecule has 106 valence electrons. The number of nitrogens with zero attached hydrogens (tertiary/aromatic N) is 1. The number of hydrogen-bond donors (Lipinski definition) is 1. The number of benzene rings is 1. The number of nitrogens with two attached hydrogens (primary N) is 1. The number of anilines is 1. The highest BCUT2D eigenvalue weighted by atomic mass is 32.1. The lowest BCUT2D eigenvalue weighted by Crippen LogP contribution is -2.29. The van der Waals surface area contributed by atoms with Crippen LogP contribution in [0.5, 0.6) is 0 Å². The second-order valence-corrected chi connectivity index (χ2v) is 6.43. The Morgan fingerprint density at radius 2 is 1.95 bits per heavy atom. The van der Waals surface area contributed by atoms with Gasteiger partial charge in [-0.1, -0.05) is 6.07 Å². The summed E-state index contributed by atoms with van der Waals surface area (Å²) in [5.41, 5.74) is 8.16. The molecule has 1 aromatic heterocycles. The van der Waals surface area contributed by atoms with Crippen LogP contribution < -0.4 is 5.73 Å². The summed E-state index contributed by atoms with van der Waals surface area (Å²) in [5, 5.41) is 0. The van der Waals surface area contributed by atoms with Crippen LogP contribution in [-0.2, 0) is 0 Å². The summed E-state index contributed by atoms with van der Waals surface area (Å²) in [4.78, 5) is 16.7. The first-order valence-corrected chi connectivity index (χ1v) is 7.41. The molecular weight excluding hydrogens is 268 g/mol. The molecule has 2 N–H and O–H groups in total. The van der Waals surface area contributed by atoms with Crippen molar-refractivity contribution in [1.29, 1.82) is 0 Å². The van der Waals surface area contributed by atoms with E-state index < -0.39 is 0 Å². The number of hydrogen-bond acceptors (Lipinski definition) is 3. The van der Waals surface area contributed by atoms with Crippen molar-refractivity contribution in [3.05, 3.63) is 51.2 Å². The summed E-state index contributed by atoms with van der Waals surface area (Å²) >= 11 is 1.72. The Morgan fingerprint density at radius 3 is 2.50 bits per heavy atom. The fourth-order valence-corrected chi connectivity index (χ4v) is 2.99. The van der Waals surface area contributed by atoms with E-state index in [2.05, 4.69) is 19.1 Å². The molecule has 1 heterocycles. The predicted molar refractivity (Wildman–Crippen MR) is 85.2 cm³/mol. The third-order valence-corrected chi connectivity index (χ3v) is 4.77. The van der Waals surface area contributed by atoms with Gasteiger partial charge in [-0.25, -0.2) is 0 Å². The molecule has 0 bridgehead atoms. The maximum absolute atomic E-state index is 12.5. The Bertz CT molecular complexity index is 633. The van der Waals surface area contributed by atoms with Crippen molar-refractivity contribution in [1.82, 2.24) is 4.90 Å². The second kappa shape index (κ2) is 5.67. The number of amides is 1. The van der Waals surface area contributed by atoms with Crippen LogP contribution >= 0.6 is 11.3 Å². The maximum Gasteiger partial charge on any atom is 0.254 e. The first-order chi connectivity index (χ1) is 9.40. The van der Waals surface area contributed by atoms with E-state index in [0.29, 0.717) is 11.3 Å². The summed E-state index contributed by atoms with van der Waals surface area (Å²) < 4.78 is 0. The molecule has 2 rings (SSSR count). The minimum Gasteiger partial charge on any atom is -0.398 e. The van der Waals surface area contributed by atoms with Crippen molar-refractivity contribution in [3.8, 4) is 0 Å². The molecule has 1 aromatic carbocycles. The standard InChI is InChI=1S/C16H20N2OS/c1-10-5-7-13(9-14(10)17)16(19)18(4)12(3)15-8-6-11(2)20-15/h5-9,12H,17H2,1-4H3. The topological polar surface area (TPSA) is 46.3 Å². The number of thiophene rings is 1. The normalized spacial score (nSPS) is 12.2. The lowest BCUT2D eigenvalue weighted by atomic mass is 10.1. The smallest absolute Gasteiger partial charge is 0.254 e. The molecule has 20 heavy (non-hydrogen) atoms. The van der Waals surface area contributed by atoms with Gasteiger partial charge in [-0.15, -0.1) is 11.3 Å². The summed E-state index contributed by atoms with van der Waals surface area (Å²) in [5.74, 6) is -0.00440. The van der Waals surface area contributed by atoms with E-state index in [1.807, 2.05) is 33.0 Å². The van der Waals surface area contributed by atoms with E-state index in [1.54, 1.807) is 22.3 Å². The van der Waals surface area contributed by atoms with Crippen molar-refractivity contribution in [2.24, 2.45) is 0 Å². The van der Waals surface area contributed by atoms with Crippen LogP contribution in [0.2, 0.25) is 0 Å². The molecule has 0 aliphatic rings. The number of rotatable bonds is 3. The van der Waals surface area contributed by atoms with Gasteiger partial charge >= 0.3 is 0 Å². The summed E-state index contributed by atoms with van der Waals surface area (Å²) in [6, 6.07) is 9.69. The highest BCUT2D eigenvalue weighted by molar-refractivity contribution is 7.12. The van der Waals surface area contributed by atoms with E-state index in [9.17, 15) is 4.79 Å². The van der Waals surface area contributed by atoms with Gasteiger partial charge in [-0.3, -0.25) is 4.79 Å². The Morgan fingerprint density at radius 1 is 1.25 bits per heavy atom. The molecule has 1 amide bonds. The molecule has 0 spiro atoms. The molecule has 4 heteroatoms. The van der Waals surface area contributed by atoms with Crippen molar-refractivity contribution < 1.29 is 4.79 Å². The molecular formula is C16H20N2OS. The lowest BCUT2D eigenvalue weighted by Gasteiger charge is -2.24. The van der Waals surface area contributed by atoms with E-state index in [0.717, 1.165) is 5.56 Å². The molecule has 0 aliphatic carbocycles. The molecule has 0 saturated heterocycles. The Balaban J connectivity index is 2.21. The van der Waals surface area contributed by atoms with Gasteiger partial charge < -0.3 is 10.6 Å². The maximum atomic E-state index is 12.5. The number of nitrogen functional groups attached to an aromatic ring is 1. The fraction of sp³-hybridized carbons (Fsp3) is 0.312. The van der Waals surface area contributed by atoms with Gasteiger partial charge in [0.15, 0.2) is 0 Å². The zero-order valence-electron chi connectivity index (χ0n) is 12.3. The highest BCUT2D eigenvalue weighted by Gasteiger charge is 2.20. The minimum absolute atomic E-state index is 0.00440. The van der Waals surface area contributed by atoms with Crippen LogP contribution in [-0.4, -0.2) is 17.9 Å². The van der Waals surface area contributed by atoms with E-state index in [4.69, 9.17) is 5.73 Å². The Kier molecular flexibility index (Phi) is 4.14. The van der Waals surface area contributed by atoms with Crippen LogP contribution in [0.25, 0.3) is 0 Å². The van der Waals surface area contributed by atoms with Gasteiger partial charge in [-0.2, -0.15) is 0 Å². The second-order valence-electron chi connectivity index (χ2n) is 5.11. The summed E-state index contributed by atoms with van der Waals surface area (Å²) in [6.45, 7) is 6.05. The lowest BCUT2D eigenvalue weighted by molar-refractivity contribution is 0.0745. The van der Waals surface area contributed by atoms with Gasteiger partial charge in [0.05, 0.1) is 6.04 Å². The molecule has 2 aromatic rings. The number of aryl methyl sites for hydroxylation is 2. The summed E-state index contributed by atoms with van der Waals surface area (Å²) in [6.07, 6.45) is 0. The number of carbonyl (C=O) groups is 1. The number of carbonyl (C=O) groups excluding carboxylic acids is 1. The van der Waals surface area contributed by atoms with Gasteiger partial charge in [0, 0.05) is 28.1 Å². The largest absolute Gasteiger partial charge is 0.398 e. The van der Waals surface area contributed by atoms with E-state index in [-0.39, 0.29) is 11.9 Å². The Hall–Kier alpha value is -1.81. The van der Waals surface area contributed by atoms with Crippen molar-refractivity contribution in [2.75, 3.05) is 12.8 Å². The van der Waals surface area contributed by atoms with Gasteiger partial charge in [0.1, 0.15) is 0 Å². The van der Waals surface area contributed by atoms with Gasteiger partial charge in [0.2, 0.25) is 0 Å². The van der Waals surface area contributed by atoms with Crippen LogP contribution in [0, 0.1) is 13.8 Å². The van der Waals surface area contributed by atoms with E-state index in [1.165, 1.54) is 9.75 Å². The average Bonchev–Trinajstić information content (AvgIpc) is 2.86. The van der Waals surface area contributed by atoms with Gasteiger partial charge in [-0.05, 0) is 50.6 Å². The molecule has 0 radical (unpaired) electrons. The third-order valence-electron chi connectivity index (χ3n) is 3.60. The summed E-state index contributed by atoms with van der Waals surface area (Å²) in [7, 11) is 1.83. The zero-order valence-corrected chi connectivity index (χ0v) is 13.1. The Labute approximate surface area is 124 Å². The first-order valence-electron chi connectivity index (χ1n) is 6.59. The molecule has 0 aliphatic heterocycles. The van der Waals surface area contributed by atoms with Crippen molar-refractivity contribution in [2.45, 2.75) is 26.8 Å². The van der Waals surface area contributed by atoms with Crippen LogP contribution in [0.3, 0.4) is 0 Å². The van der Waals surface area contributed by atoms with Crippen molar-refractivity contribution >= 4 is 22.9 Å². The molecule has 1 unspecified atom stereocenters. The quantitative estimate of drug-likeness (QED) is 0.874. The van der Waals surface area contributed by atoms with Crippen molar-refractivity contribution in [3.63, 3.8) is 0 Å². The fourth-order valence-electron chi connectivity index (χ4n) is 2.02. The van der Waals surface area contributed by atoms with Crippen LogP contribution in [0.4, 0.5) is 5.69 Å². The SMILES string of the molecule is Cc1ccc(C(C)N(C)C(=O)c2ccc(C)c(N)c2)s1. The molecule has 3 nitrogen and oxygen atoms in total. The van der Waals surface area contributed by atoms with Crippen LogP contribution in [0.1, 0.15) is 38.6 Å². The monoisotopic (exact) mass is 288 g/mol. The minimum atomic E-state index is -0.00440. The zero-order chi connectivity index (χ0) is 14.9. The van der Waals surface area contributed by atoms with Crippen LogP contribution in [0.15, 0.2) is 30.3 Å². The van der Waals surface area contributed by atoms with Gasteiger partial charge in [0.25, 0.3) is 5.91 Å². The average molecular weight is 288 g/mol. The molecule has 1 atom stereocenters. The third kappa shape index (κ3) is 2.85. The van der Waals surface area contributed by atoms with E-state index >= 15 is 0 Å². The molecule has 0 fully saturated rings. The first kappa shape index (κ1) is 14.6. The highest BCUT2D eigenvalue weighted by Crippen LogP contribution is 2.27. The molecule has 0 saturated carbocycles.